The molecule has 0 radical (unpaired) electrons. The molecule has 1 aliphatic heterocycles. The second-order valence-corrected chi connectivity index (χ2v) is 3.25. The highest BCUT2D eigenvalue weighted by Gasteiger charge is 2.48. The predicted molar refractivity (Wildman–Crippen MR) is 34.2 cm³/mol. The van der Waals surface area contributed by atoms with E-state index in [1.54, 1.807) is 6.92 Å². The van der Waals surface area contributed by atoms with Crippen LogP contribution in [0.3, 0.4) is 0 Å². The van der Waals surface area contributed by atoms with Crippen LogP contribution >= 0.6 is 0 Å². The second kappa shape index (κ2) is 2.16. The zero-order chi connectivity index (χ0) is 7.83. The van der Waals surface area contributed by atoms with Gasteiger partial charge in [-0.3, -0.25) is 0 Å². The smallest absolute Gasteiger partial charge is 0.252 e. The highest BCUT2D eigenvalue weighted by Crippen LogP contribution is 2.42. The molecule has 10 heavy (non-hydrogen) atoms. The summed E-state index contributed by atoms with van der Waals surface area (Å²) in [5.74, 6) is -2.61. The summed E-state index contributed by atoms with van der Waals surface area (Å²) < 4.78 is 30.4. The molecule has 0 saturated carbocycles. The van der Waals surface area contributed by atoms with Crippen molar-refractivity contribution in [3.05, 3.63) is 0 Å². The number of halogens is 2. The summed E-state index contributed by atoms with van der Waals surface area (Å²) >= 11 is 0. The van der Waals surface area contributed by atoms with E-state index in [0.717, 1.165) is 6.92 Å². The van der Waals surface area contributed by atoms with Gasteiger partial charge in [0, 0.05) is 6.61 Å². The average Bonchev–Trinajstić information content (AvgIpc) is 2.13. The van der Waals surface area contributed by atoms with E-state index < -0.39 is 11.3 Å². The van der Waals surface area contributed by atoms with Crippen molar-refractivity contribution in [2.75, 3.05) is 13.2 Å². The lowest BCUT2D eigenvalue weighted by Gasteiger charge is -2.28. The molecule has 0 spiro atoms. The molecule has 1 fully saturated rings. The zero-order valence-corrected chi connectivity index (χ0v) is 6.29. The second-order valence-electron chi connectivity index (χ2n) is 3.25. The minimum atomic E-state index is -2.61. The largest absolute Gasteiger partial charge is 0.381 e. The standard InChI is InChI=1S/C7H12F2O/c1-6(7(2,8)9)3-4-10-5-6/h3-5H2,1-2H3. The Labute approximate surface area is 59.4 Å². The van der Waals surface area contributed by atoms with Crippen LogP contribution < -0.4 is 0 Å². The van der Waals surface area contributed by atoms with Crippen LogP contribution in [0.4, 0.5) is 8.78 Å². The van der Waals surface area contributed by atoms with E-state index in [4.69, 9.17) is 4.74 Å². The Balaban J connectivity index is 2.67. The van der Waals surface area contributed by atoms with Gasteiger partial charge in [0.2, 0.25) is 0 Å². The van der Waals surface area contributed by atoms with Gasteiger partial charge < -0.3 is 4.74 Å². The van der Waals surface area contributed by atoms with Gasteiger partial charge in [0.1, 0.15) is 0 Å². The van der Waals surface area contributed by atoms with E-state index in [2.05, 4.69) is 0 Å². The van der Waals surface area contributed by atoms with Crippen molar-refractivity contribution >= 4 is 0 Å². The van der Waals surface area contributed by atoms with Gasteiger partial charge in [-0.2, -0.15) is 0 Å². The van der Waals surface area contributed by atoms with Gasteiger partial charge in [0.25, 0.3) is 5.92 Å². The van der Waals surface area contributed by atoms with Crippen molar-refractivity contribution in [2.45, 2.75) is 26.2 Å². The maximum Gasteiger partial charge on any atom is 0.252 e. The molecule has 1 atom stereocenters. The molecule has 1 saturated heterocycles. The predicted octanol–water partition coefficient (Wildman–Crippen LogP) is 2.07. The maximum absolute atomic E-state index is 12.7. The number of hydrogen-bond acceptors (Lipinski definition) is 1. The van der Waals surface area contributed by atoms with E-state index in [1.807, 2.05) is 0 Å². The lowest BCUT2D eigenvalue weighted by atomic mass is 9.84. The van der Waals surface area contributed by atoms with Gasteiger partial charge in [0.05, 0.1) is 12.0 Å². The molecule has 0 amide bonds. The van der Waals surface area contributed by atoms with Crippen molar-refractivity contribution in [1.82, 2.24) is 0 Å². The van der Waals surface area contributed by atoms with Gasteiger partial charge in [0.15, 0.2) is 0 Å². The van der Waals surface area contributed by atoms with E-state index >= 15 is 0 Å². The van der Waals surface area contributed by atoms with Crippen LogP contribution in [0, 0.1) is 5.41 Å². The summed E-state index contributed by atoms with van der Waals surface area (Å²) in [6.45, 7) is 3.19. The molecule has 1 aliphatic rings. The first-order chi connectivity index (χ1) is 4.46. The molecule has 1 nitrogen and oxygen atoms in total. The molecular formula is C7H12F2O. The van der Waals surface area contributed by atoms with Crippen LogP contribution in [0.15, 0.2) is 0 Å². The monoisotopic (exact) mass is 150 g/mol. The van der Waals surface area contributed by atoms with Gasteiger partial charge in [-0.15, -0.1) is 0 Å². The van der Waals surface area contributed by atoms with Gasteiger partial charge in [-0.25, -0.2) is 8.78 Å². The van der Waals surface area contributed by atoms with Gasteiger partial charge in [-0.1, -0.05) is 6.92 Å². The van der Waals surface area contributed by atoms with E-state index in [1.165, 1.54) is 0 Å². The Morgan fingerprint density at radius 1 is 1.50 bits per heavy atom. The average molecular weight is 150 g/mol. The SMILES string of the molecule is CC(F)(F)C1(C)CCOC1. The Morgan fingerprint density at radius 3 is 2.30 bits per heavy atom. The summed E-state index contributed by atoms with van der Waals surface area (Å²) in [5, 5.41) is 0. The number of alkyl halides is 2. The van der Waals surface area contributed by atoms with E-state index in [9.17, 15) is 8.78 Å². The van der Waals surface area contributed by atoms with Crippen molar-refractivity contribution < 1.29 is 13.5 Å². The first kappa shape index (κ1) is 7.92. The molecule has 3 heteroatoms. The Morgan fingerprint density at radius 2 is 2.10 bits per heavy atom. The fraction of sp³-hybridized carbons (Fsp3) is 1.00. The van der Waals surface area contributed by atoms with Gasteiger partial charge >= 0.3 is 0 Å². The quantitative estimate of drug-likeness (QED) is 0.556. The van der Waals surface area contributed by atoms with Crippen LogP contribution in [0.5, 0.6) is 0 Å². The highest BCUT2D eigenvalue weighted by atomic mass is 19.3. The summed E-state index contributed by atoms with van der Waals surface area (Å²) in [6, 6.07) is 0. The first-order valence-corrected chi connectivity index (χ1v) is 3.41. The molecular weight excluding hydrogens is 138 g/mol. The molecule has 0 N–H and O–H groups in total. The maximum atomic E-state index is 12.7. The molecule has 0 aliphatic carbocycles. The molecule has 1 heterocycles. The van der Waals surface area contributed by atoms with Crippen LogP contribution in [-0.2, 0) is 4.74 Å². The summed E-state index contributed by atoms with van der Waals surface area (Å²) in [5.41, 5.74) is -0.924. The normalized spacial score (nSPS) is 34.8. The third-order valence-corrected chi connectivity index (χ3v) is 2.28. The third-order valence-electron chi connectivity index (χ3n) is 2.28. The fourth-order valence-corrected chi connectivity index (χ4v) is 1.01. The van der Waals surface area contributed by atoms with Crippen molar-refractivity contribution in [2.24, 2.45) is 5.41 Å². The molecule has 0 aromatic rings. The molecule has 0 bridgehead atoms. The highest BCUT2D eigenvalue weighted by molar-refractivity contribution is 4.88. The van der Waals surface area contributed by atoms with E-state index in [-0.39, 0.29) is 6.61 Å². The summed E-state index contributed by atoms with van der Waals surface area (Å²) in [6.07, 6.45) is 0.469. The molecule has 1 unspecified atom stereocenters. The summed E-state index contributed by atoms with van der Waals surface area (Å²) in [4.78, 5) is 0. The molecule has 0 aromatic carbocycles. The third kappa shape index (κ3) is 1.15. The van der Waals surface area contributed by atoms with Crippen LogP contribution in [-0.4, -0.2) is 19.1 Å². The van der Waals surface area contributed by atoms with Crippen molar-refractivity contribution in [3.63, 3.8) is 0 Å². The molecule has 60 valence electrons. The molecule has 0 aromatic heterocycles. The Kier molecular flexibility index (Phi) is 1.71. The number of rotatable bonds is 1. The summed E-state index contributed by atoms with van der Waals surface area (Å²) in [7, 11) is 0. The van der Waals surface area contributed by atoms with Crippen LogP contribution in [0.25, 0.3) is 0 Å². The van der Waals surface area contributed by atoms with Crippen LogP contribution in [0.2, 0.25) is 0 Å². The van der Waals surface area contributed by atoms with Crippen molar-refractivity contribution in [3.8, 4) is 0 Å². The van der Waals surface area contributed by atoms with Crippen molar-refractivity contribution in [1.29, 1.82) is 0 Å². The number of hydrogen-bond donors (Lipinski definition) is 0. The fourth-order valence-electron chi connectivity index (χ4n) is 1.01. The first-order valence-electron chi connectivity index (χ1n) is 3.41. The Hall–Kier alpha value is -0.180. The molecule has 1 rings (SSSR count). The zero-order valence-electron chi connectivity index (χ0n) is 6.29. The van der Waals surface area contributed by atoms with Crippen LogP contribution in [0.1, 0.15) is 20.3 Å². The lowest BCUT2D eigenvalue weighted by molar-refractivity contribution is -0.0982. The minimum absolute atomic E-state index is 0.191. The van der Waals surface area contributed by atoms with Gasteiger partial charge in [-0.05, 0) is 13.3 Å². The Bertz CT molecular complexity index is 122. The lowest BCUT2D eigenvalue weighted by Crippen LogP contribution is -2.36. The minimum Gasteiger partial charge on any atom is -0.381 e. The number of ether oxygens (including phenoxy) is 1. The van der Waals surface area contributed by atoms with E-state index in [0.29, 0.717) is 13.0 Å². The topological polar surface area (TPSA) is 9.23 Å².